The molecular weight excluding hydrogens is 126 g/mol. The monoisotopic (exact) mass is 139 g/mol. The summed E-state index contributed by atoms with van der Waals surface area (Å²) in [4.78, 5) is 0. The molecule has 0 spiro atoms. The van der Waals surface area contributed by atoms with Crippen molar-refractivity contribution in [1.29, 1.82) is 5.26 Å². The number of nitrogens with zero attached hydrogens (tertiary/aromatic N) is 1. The Kier molecular flexibility index (Phi) is 1.21. The highest BCUT2D eigenvalue weighted by Crippen LogP contribution is 2.59. The summed E-state index contributed by atoms with van der Waals surface area (Å²) in [6.45, 7) is 6.84. The van der Waals surface area contributed by atoms with E-state index in [0.29, 0.717) is 0 Å². The summed E-state index contributed by atoms with van der Waals surface area (Å²) in [5, 5.41) is 8.95. The van der Waals surface area contributed by atoms with Gasteiger partial charge in [-0.3, -0.25) is 0 Å². The highest BCUT2D eigenvalue weighted by Gasteiger charge is 2.53. The average molecular weight is 139 g/mol. The summed E-state index contributed by atoms with van der Waals surface area (Å²) in [5.41, 5.74) is 0. The van der Waals surface area contributed by atoms with Crippen LogP contribution in [0.3, 0.4) is 0 Å². The summed E-state index contributed by atoms with van der Waals surface area (Å²) in [6, 6.07) is 2.45. The molecule has 0 heterocycles. The molecule has 1 aliphatic rings. The predicted octanol–water partition coefficient (Wildman–Crippen LogP) is 2.38. The van der Waals surface area contributed by atoms with Crippen LogP contribution in [0.5, 0.6) is 0 Å². The van der Waals surface area contributed by atoms with Crippen molar-refractivity contribution in [2.45, 2.75) is 37.5 Å². The van der Waals surface area contributed by atoms with Crippen molar-refractivity contribution in [2.24, 2.45) is 0 Å². The Bertz CT molecular complexity index is 157. The molecule has 0 atom stereocenters. The molecule has 0 aliphatic heterocycles. The van der Waals surface area contributed by atoms with E-state index in [1.54, 1.807) is 0 Å². The highest BCUT2D eigenvalue weighted by molar-refractivity contribution is 6.80. The zero-order valence-corrected chi connectivity index (χ0v) is 7.36. The van der Waals surface area contributed by atoms with Crippen molar-refractivity contribution < 1.29 is 0 Å². The van der Waals surface area contributed by atoms with E-state index in [1.807, 2.05) is 0 Å². The van der Waals surface area contributed by atoms with Crippen LogP contribution in [0, 0.1) is 11.3 Å². The van der Waals surface area contributed by atoms with Crippen LogP contribution in [-0.4, -0.2) is 8.07 Å². The number of rotatable bonds is 1. The fourth-order valence-corrected chi connectivity index (χ4v) is 3.11. The molecule has 0 bridgehead atoms. The Hall–Kier alpha value is -0.293. The molecule has 0 radical (unpaired) electrons. The van der Waals surface area contributed by atoms with Gasteiger partial charge in [0, 0.05) is 5.04 Å². The second-order valence-corrected chi connectivity index (χ2v) is 9.40. The molecular formula is C7H13NSi. The van der Waals surface area contributed by atoms with E-state index >= 15 is 0 Å². The first-order valence-electron chi connectivity index (χ1n) is 3.43. The highest BCUT2D eigenvalue weighted by atomic mass is 28.3. The standard InChI is InChI=1S/C7H13NSi/c1-9(2,3)7(6-8)4-5-7/h4-5H2,1-3H3. The lowest BCUT2D eigenvalue weighted by molar-refractivity contribution is 1.08. The predicted molar refractivity (Wildman–Crippen MR) is 40.9 cm³/mol. The smallest absolute Gasteiger partial charge is 0.0679 e. The van der Waals surface area contributed by atoms with E-state index in [1.165, 1.54) is 12.8 Å². The number of hydrogen-bond donors (Lipinski definition) is 0. The van der Waals surface area contributed by atoms with Crippen LogP contribution in [0.2, 0.25) is 24.7 Å². The lowest BCUT2D eigenvalue weighted by Gasteiger charge is -2.20. The van der Waals surface area contributed by atoms with E-state index in [9.17, 15) is 0 Å². The van der Waals surface area contributed by atoms with Gasteiger partial charge in [-0.25, -0.2) is 0 Å². The maximum Gasteiger partial charge on any atom is 0.0679 e. The molecule has 9 heavy (non-hydrogen) atoms. The van der Waals surface area contributed by atoms with Gasteiger partial charge >= 0.3 is 0 Å². The van der Waals surface area contributed by atoms with Crippen molar-refractivity contribution in [1.82, 2.24) is 0 Å². The molecule has 1 aliphatic carbocycles. The van der Waals surface area contributed by atoms with Gasteiger partial charge in [0.1, 0.15) is 0 Å². The van der Waals surface area contributed by atoms with Gasteiger partial charge in [0.05, 0.1) is 14.1 Å². The summed E-state index contributed by atoms with van der Waals surface area (Å²) in [7, 11) is -1.13. The SMILES string of the molecule is C[Si](C)(C)C1(C#N)CC1. The van der Waals surface area contributed by atoms with Gasteiger partial charge in [-0.05, 0) is 12.8 Å². The molecule has 0 saturated heterocycles. The van der Waals surface area contributed by atoms with Gasteiger partial charge in [-0.15, -0.1) is 0 Å². The summed E-state index contributed by atoms with van der Waals surface area (Å²) in [5.74, 6) is 0. The van der Waals surface area contributed by atoms with Crippen LogP contribution < -0.4 is 0 Å². The van der Waals surface area contributed by atoms with Crippen molar-refractivity contribution >= 4 is 8.07 Å². The van der Waals surface area contributed by atoms with Crippen LogP contribution >= 0.6 is 0 Å². The molecule has 0 N–H and O–H groups in total. The first-order chi connectivity index (χ1) is 4.02. The molecule has 1 fully saturated rings. The van der Waals surface area contributed by atoms with Crippen molar-refractivity contribution in [3.05, 3.63) is 0 Å². The topological polar surface area (TPSA) is 23.8 Å². The Morgan fingerprint density at radius 1 is 1.33 bits per heavy atom. The third-order valence-corrected chi connectivity index (χ3v) is 5.88. The maximum absolute atomic E-state index is 8.78. The van der Waals surface area contributed by atoms with Crippen molar-refractivity contribution in [3.8, 4) is 6.07 Å². The van der Waals surface area contributed by atoms with Gasteiger partial charge in [0.2, 0.25) is 0 Å². The maximum atomic E-state index is 8.78. The molecule has 0 amide bonds. The molecule has 50 valence electrons. The summed E-state index contributed by atoms with van der Waals surface area (Å²) in [6.07, 6.45) is 2.33. The van der Waals surface area contributed by atoms with E-state index in [4.69, 9.17) is 5.26 Å². The van der Waals surface area contributed by atoms with Crippen molar-refractivity contribution in [3.63, 3.8) is 0 Å². The van der Waals surface area contributed by atoms with E-state index in [-0.39, 0.29) is 5.04 Å². The Morgan fingerprint density at radius 3 is 1.78 bits per heavy atom. The van der Waals surface area contributed by atoms with Gasteiger partial charge in [0.15, 0.2) is 0 Å². The molecule has 0 aromatic rings. The third kappa shape index (κ3) is 0.899. The third-order valence-electron chi connectivity index (χ3n) is 2.40. The normalized spacial score (nSPS) is 22.9. The summed E-state index contributed by atoms with van der Waals surface area (Å²) >= 11 is 0. The fourth-order valence-electron chi connectivity index (χ4n) is 1.15. The van der Waals surface area contributed by atoms with Gasteiger partial charge < -0.3 is 0 Å². The van der Waals surface area contributed by atoms with Gasteiger partial charge in [-0.1, -0.05) is 19.6 Å². The quantitative estimate of drug-likeness (QED) is 0.512. The van der Waals surface area contributed by atoms with E-state index < -0.39 is 8.07 Å². The first kappa shape index (κ1) is 6.82. The first-order valence-corrected chi connectivity index (χ1v) is 6.93. The molecule has 1 nitrogen and oxygen atoms in total. The molecule has 0 unspecified atom stereocenters. The second kappa shape index (κ2) is 1.60. The van der Waals surface area contributed by atoms with Crippen LogP contribution in [0.4, 0.5) is 0 Å². The number of nitriles is 1. The second-order valence-electron chi connectivity index (χ2n) is 3.94. The minimum atomic E-state index is -1.13. The molecule has 1 saturated carbocycles. The van der Waals surface area contributed by atoms with Gasteiger partial charge in [-0.2, -0.15) is 5.26 Å². The Morgan fingerprint density at radius 2 is 1.78 bits per heavy atom. The fraction of sp³-hybridized carbons (Fsp3) is 0.857. The molecule has 2 heteroatoms. The largest absolute Gasteiger partial charge is 0.198 e. The van der Waals surface area contributed by atoms with E-state index in [2.05, 4.69) is 25.7 Å². The van der Waals surface area contributed by atoms with E-state index in [0.717, 1.165) is 0 Å². The zero-order valence-electron chi connectivity index (χ0n) is 6.36. The molecule has 1 rings (SSSR count). The molecule has 0 aromatic heterocycles. The molecule has 0 aromatic carbocycles. The Labute approximate surface area is 57.7 Å². The van der Waals surface area contributed by atoms with Crippen LogP contribution in [0.15, 0.2) is 0 Å². The van der Waals surface area contributed by atoms with Crippen LogP contribution in [0.25, 0.3) is 0 Å². The minimum Gasteiger partial charge on any atom is -0.198 e. The van der Waals surface area contributed by atoms with Crippen molar-refractivity contribution in [2.75, 3.05) is 0 Å². The minimum absolute atomic E-state index is 0.174. The van der Waals surface area contributed by atoms with Crippen LogP contribution in [0.1, 0.15) is 12.8 Å². The average Bonchev–Trinajstić information content (AvgIpc) is 2.40. The lowest BCUT2D eigenvalue weighted by Crippen LogP contribution is -2.28. The number of hydrogen-bond acceptors (Lipinski definition) is 1. The Balaban J connectivity index is 2.75. The lowest BCUT2D eigenvalue weighted by atomic mass is 10.5. The summed E-state index contributed by atoms with van der Waals surface area (Å²) < 4.78 is 0. The van der Waals surface area contributed by atoms with Crippen LogP contribution in [-0.2, 0) is 0 Å². The van der Waals surface area contributed by atoms with Gasteiger partial charge in [0.25, 0.3) is 0 Å². The zero-order chi connectivity index (χ0) is 7.12.